The summed E-state index contributed by atoms with van der Waals surface area (Å²) in [6.45, 7) is 0. The van der Waals surface area contributed by atoms with Crippen LogP contribution in [0.5, 0.6) is 0 Å². The van der Waals surface area contributed by atoms with Crippen LogP contribution in [0.15, 0.2) is 54.9 Å². The molecule has 0 bridgehead atoms. The minimum atomic E-state index is -0.572. The van der Waals surface area contributed by atoms with E-state index < -0.39 is 5.92 Å². The molecule has 140 valence electrons. The molecular formula is C21H21N7. The number of nitrogens with zero attached hydrogens (tertiary/aromatic N) is 5. The number of hydrogen-bond donors (Lipinski definition) is 2. The predicted octanol–water partition coefficient (Wildman–Crippen LogP) is 4.02. The molecule has 3 aromatic rings. The van der Waals surface area contributed by atoms with Gasteiger partial charge >= 0.3 is 0 Å². The van der Waals surface area contributed by atoms with Crippen LogP contribution in [-0.4, -0.2) is 26.0 Å². The largest absolute Gasteiger partial charge is 0.351 e. The van der Waals surface area contributed by atoms with Gasteiger partial charge in [-0.2, -0.15) is 5.26 Å². The minimum absolute atomic E-state index is 0.416. The zero-order valence-corrected chi connectivity index (χ0v) is 15.4. The van der Waals surface area contributed by atoms with Crippen LogP contribution in [0.25, 0.3) is 0 Å². The van der Waals surface area contributed by atoms with Crippen LogP contribution >= 0.6 is 0 Å². The molecule has 0 radical (unpaired) electrons. The average molecular weight is 371 g/mol. The molecule has 7 heteroatoms. The quantitative estimate of drug-likeness (QED) is 0.675. The van der Waals surface area contributed by atoms with Crippen molar-refractivity contribution >= 4 is 17.6 Å². The second-order valence-corrected chi connectivity index (χ2v) is 6.78. The number of hydrogen-bond acceptors (Lipinski definition) is 7. The Morgan fingerprint density at radius 2 is 1.71 bits per heavy atom. The molecule has 1 unspecified atom stereocenters. The van der Waals surface area contributed by atoms with Crippen LogP contribution in [0.2, 0.25) is 0 Å². The Bertz CT molecular complexity index is 962. The fourth-order valence-corrected chi connectivity index (χ4v) is 3.39. The van der Waals surface area contributed by atoms with E-state index in [1.807, 2.05) is 36.4 Å². The van der Waals surface area contributed by atoms with Crippen molar-refractivity contribution < 1.29 is 0 Å². The normalized spacial score (nSPS) is 15.0. The second kappa shape index (κ2) is 8.44. The highest BCUT2D eigenvalue weighted by molar-refractivity contribution is 5.52. The third-order valence-electron chi connectivity index (χ3n) is 4.78. The fraction of sp³-hybridized carbons (Fsp3) is 0.286. The van der Waals surface area contributed by atoms with Gasteiger partial charge in [0.1, 0.15) is 17.6 Å². The Balaban J connectivity index is 1.55. The van der Waals surface area contributed by atoms with E-state index in [1.165, 1.54) is 12.8 Å². The summed E-state index contributed by atoms with van der Waals surface area (Å²) in [5.74, 6) is 1.34. The van der Waals surface area contributed by atoms with Crippen molar-refractivity contribution in [1.29, 1.82) is 5.26 Å². The Hall–Kier alpha value is -3.53. The lowest BCUT2D eigenvalue weighted by Crippen LogP contribution is -2.17. The third-order valence-corrected chi connectivity index (χ3v) is 4.78. The summed E-state index contributed by atoms with van der Waals surface area (Å²) < 4.78 is 0. The van der Waals surface area contributed by atoms with Gasteiger partial charge in [0.05, 0.1) is 17.5 Å². The highest BCUT2D eigenvalue weighted by Crippen LogP contribution is 2.25. The van der Waals surface area contributed by atoms with Crippen LogP contribution in [0.3, 0.4) is 0 Å². The highest BCUT2D eigenvalue weighted by atomic mass is 15.1. The molecule has 0 amide bonds. The summed E-state index contributed by atoms with van der Waals surface area (Å²) in [5, 5.41) is 16.3. The molecule has 1 fully saturated rings. The third kappa shape index (κ3) is 4.23. The molecule has 0 spiro atoms. The van der Waals surface area contributed by atoms with Gasteiger partial charge in [-0.25, -0.2) is 19.9 Å². The Kier molecular flexibility index (Phi) is 5.38. The number of pyridine rings is 2. The van der Waals surface area contributed by atoms with Crippen molar-refractivity contribution in [2.45, 2.75) is 37.6 Å². The van der Waals surface area contributed by atoms with E-state index in [9.17, 15) is 5.26 Å². The molecule has 1 aliphatic carbocycles. The van der Waals surface area contributed by atoms with Crippen molar-refractivity contribution in [3.63, 3.8) is 0 Å². The van der Waals surface area contributed by atoms with Gasteiger partial charge in [0.2, 0.25) is 5.95 Å². The summed E-state index contributed by atoms with van der Waals surface area (Å²) in [6, 6.07) is 15.7. The van der Waals surface area contributed by atoms with Gasteiger partial charge in [-0.05, 0) is 43.2 Å². The van der Waals surface area contributed by atoms with Crippen molar-refractivity contribution in [2.75, 3.05) is 10.6 Å². The van der Waals surface area contributed by atoms with E-state index in [-0.39, 0.29) is 0 Å². The molecule has 1 saturated carbocycles. The van der Waals surface area contributed by atoms with E-state index >= 15 is 0 Å². The molecule has 3 heterocycles. The van der Waals surface area contributed by atoms with Gasteiger partial charge in [0.25, 0.3) is 0 Å². The zero-order valence-electron chi connectivity index (χ0n) is 15.4. The number of nitriles is 1. The average Bonchev–Trinajstić information content (AvgIpc) is 3.23. The van der Waals surface area contributed by atoms with Crippen molar-refractivity contribution in [3.8, 4) is 6.07 Å². The van der Waals surface area contributed by atoms with E-state index in [2.05, 4.69) is 36.6 Å². The smallest absolute Gasteiger partial charge is 0.223 e. The minimum Gasteiger partial charge on any atom is -0.351 e. The van der Waals surface area contributed by atoms with Crippen molar-refractivity contribution in [2.24, 2.45) is 0 Å². The Morgan fingerprint density at radius 3 is 2.50 bits per heavy atom. The summed E-state index contributed by atoms with van der Waals surface area (Å²) in [5.41, 5.74) is 1.27. The lowest BCUT2D eigenvalue weighted by Gasteiger charge is -2.14. The topological polar surface area (TPSA) is 99.4 Å². The molecular weight excluding hydrogens is 350 g/mol. The Morgan fingerprint density at radius 1 is 0.893 bits per heavy atom. The number of nitrogens with one attached hydrogen (secondary N) is 2. The first-order chi connectivity index (χ1) is 13.8. The molecule has 2 N–H and O–H groups in total. The maximum atomic E-state index is 9.79. The summed E-state index contributed by atoms with van der Waals surface area (Å²) in [6.07, 6.45) is 8.15. The first kappa shape index (κ1) is 17.9. The first-order valence-corrected chi connectivity index (χ1v) is 9.46. The van der Waals surface area contributed by atoms with E-state index in [4.69, 9.17) is 0 Å². The lowest BCUT2D eigenvalue weighted by molar-refractivity contribution is 0.740. The fourth-order valence-electron chi connectivity index (χ4n) is 3.39. The standard InChI is InChI=1S/C21H21N7/c22-14-16(18-11-13-24-21(27-18)25-15-6-1-2-7-15)17-8-5-10-20(26-17)28-19-9-3-4-12-23-19/h3-5,8-13,15-16H,1-2,6-7H2,(H,23,26,28)(H,24,25,27). The van der Waals surface area contributed by atoms with Gasteiger partial charge in [0.15, 0.2) is 0 Å². The first-order valence-electron chi connectivity index (χ1n) is 9.46. The van der Waals surface area contributed by atoms with Crippen LogP contribution in [0, 0.1) is 11.3 Å². The molecule has 1 atom stereocenters. The number of aromatic nitrogens is 4. The van der Waals surface area contributed by atoms with Gasteiger partial charge < -0.3 is 10.6 Å². The molecule has 4 rings (SSSR count). The zero-order chi connectivity index (χ0) is 19.2. The number of rotatable bonds is 6. The number of anilines is 3. The van der Waals surface area contributed by atoms with Gasteiger partial charge in [-0.3, -0.25) is 0 Å². The van der Waals surface area contributed by atoms with Gasteiger partial charge in [-0.1, -0.05) is 25.0 Å². The molecule has 0 aliphatic heterocycles. The predicted molar refractivity (Wildman–Crippen MR) is 107 cm³/mol. The van der Waals surface area contributed by atoms with Crippen LogP contribution in [0.4, 0.5) is 17.6 Å². The summed E-state index contributed by atoms with van der Waals surface area (Å²) in [4.78, 5) is 17.7. The maximum absolute atomic E-state index is 9.79. The van der Waals surface area contributed by atoms with E-state index in [0.29, 0.717) is 35.0 Å². The van der Waals surface area contributed by atoms with Crippen molar-refractivity contribution in [1.82, 2.24) is 19.9 Å². The summed E-state index contributed by atoms with van der Waals surface area (Å²) in [7, 11) is 0. The molecule has 7 nitrogen and oxygen atoms in total. The highest BCUT2D eigenvalue weighted by Gasteiger charge is 2.20. The maximum Gasteiger partial charge on any atom is 0.223 e. The van der Waals surface area contributed by atoms with E-state index in [0.717, 1.165) is 12.8 Å². The van der Waals surface area contributed by atoms with Crippen LogP contribution in [0.1, 0.15) is 43.0 Å². The van der Waals surface area contributed by atoms with Crippen LogP contribution in [-0.2, 0) is 0 Å². The molecule has 28 heavy (non-hydrogen) atoms. The molecule has 3 aromatic heterocycles. The second-order valence-electron chi connectivity index (χ2n) is 6.78. The van der Waals surface area contributed by atoms with E-state index in [1.54, 1.807) is 18.5 Å². The lowest BCUT2D eigenvalue weighted by atomic mass is 10.0. The van der Waals surface area contributed by atoms with Gasteiger partial charge in [0, 0.05) is 18.4 Å². The van der Waals surface area contributed by atoms with Gasteiger partial charge in [-0.15, -0.1) is 0 Å². The Labute approximate surface area is 163 Å². The summed E-state index contributed by atoms with van der Waals surface area (Å²) >= 11 is 0. The monoisotopic (exact) mass is 371 g/mol. The SMILES string of the molecule is N#CC(c1cccc(Nc2ccccn2)n1)c1ccnc(NC2CCCC2)n1. The molecule has 0 saturated heterocycles. The van der Waals surface area contributed by atoms with Crippen molar-refractivity contribution in [3.05, 3.63) is 66.2 Å². The van der Waals surface area contributed by atoms with Crippen LogP contribution < -0.4 is 10.6 Å². The molecule has 0 aromatic carbocycles. The molecule has 1 aliphatic rings.